The molecule has 3 atom stereocenters. The van der Waals surface area contributed by atoms with Gasteiger partial charge in [-0.1, -0.05) is 44.2 Å². The molecule has 0 aliphatic carbocycles. The zero-order chi connectivity index (χ0) is 31.8. The van der Waals surface area contributed by atoms with Crippen LogP contribution in [0.1, 0.15) is 78.2 Å². The fraction of sp³-hybridized carbons (Fsp3) is 0.452. The molecule has 2 aromatic heterocycles. The standard InChI is InChI=1S/C31H39N7O6/c1-17(2)26-30(43)36-23(14-20-10-6-5-7-11-20)31-37-24(16-44-31)28(41)32-13-9-8-12-22(29(42)38-26)35-25(39)15-21-18(3)33-19(4)34-27(21)40/h5-7,10-11,16-17,22-23,26H,8-9,12-15H2,1-4H3,(H,32,41)(H,35,39)(H,36,43)(H,38,42)(H,33,34,40)/t22-,23+,26-/m0/s1. The number of nitrogens with one attached hydrogen (secondary N) is 5. The van der Waals surface area contributed by atoms with E-state index < -0.39 is 47.3 Å². The maximum atomic E-state index is 13.6. The van der Waals surface area contributed by atoms with Gasteiger partial charge in [-0.05, 0) is 44.6 Å². The van der Waals surface area contributed by atoms with E-state index in [0.29, 0.717) is 37.3 Å². The normalized spacial score (nSPS) is 20.0. The second-order valence-corrected chi connectivity index (χ2v) is 11.3. The van der Waals surface area contributed by atoms with Crippen molar-refractivity contribution in [1.82, 2.24) is 36.2 Å². The van der Waals surface area contributed by atoms with Crippen LogP contribution in [0.4, 0.5) is 0 Å². The fourth-order valence-corrected chi connectivity index (χ4v) is 5.05. The van der Waals surface area contributed by atoms with E-state index in [1.165, 1.54) is 6.26 Å². The Labute approximate surface area is 255 Å². The molecular formula is C31H39N7O6. The maximum Gasteiger partial charge on any atom is 0.273 e. The largest absolute Gasteiger partial charge is 0.446 e. The van der Waals surface area contributed by atoms with Crippen molar-refractivity contribution in [2.75, 3.05) is 6.54 Å². The number of nitrogens with zero attached hydrogens (tertiary/aromatic N) is 2. The molecule has 0 saturated carbocycles. The lowest BCUT2D eigenvalue weighted by molar-refractivity contribution is -0.133. The van der Waals surface area contributed by atoms with Crippen LogP contribution in [0.25, 0.3) is 0 Å². The van der Waals surface area contributed by atoms with E-state index in [9.17, 15) is 24.0 Å². The highest BCUT2D eigenvalue weighted by atomic mass is 16.3. The van der Waals surface area contributed by atoms with Gasteiger partial charge in [-0.2, -0.15) is 0 Å². The fourth-order valence-electron chi connectivity index (χ4n) is 5.05. The first-order valence-corrected chi connectivity index (χ1v) is 14.8. The second kappa shape index (κ2) is 14.6. The molecule has 1 aliphatic heterocycles. The summed E-state index contributed by atoms with van der Waals surface area (Å²) in [5.74, 6) is -1.66. The van der Waals surface area contributed by atoms with E-state index in [0.717, 1.165) is 5.56 Å². The summed E-state index contributed by atoms with van der Waals surface area (Å²) in [6, 6.07) is 6.78. The zero-order valence-corrected chi connectivity index (χ0v) is 25.4. The predicted octanol–water partition coefficient (Wildman–Crippen LogP) is 1.56. The van der Waals surface area contributed by atoms with Crippen molar-refractivity contribution < 1.29 is 23.6 Å². The molecule has 0 radical (unpaired) electrons. The molecule has 0 unspecified atom stereocenters. The molecule has 13 heteroatoms. The summed E-state index contributed by atoms with van der Waals surface area (Å²) in [6.07, 6.45) is 2.56. The van der Waals surface area contributed by atoms with Crippen molar-refractivity contribution in [3.63, 3.8) is 0 Å². The van der Waals surface area contributed by atoms with Gasteiger partial charge in [0.2, 0.25) is 23.6 Å². The first-order valence-electron chi connectivity index (χ1n) is 14.8. The van der Waals surface area contributed by atoms with Crippen molar-refractivity contribution in [3.05, 3.63) is 81.2 Å². The Morgan fingerprint density at radius 1 is 1.02 bits per heavy atom. The predicted molar refractivity (Wildman–Crippen MR) is 160 cm³/mol. The lowest BCUT2D eigenvalue weighted by Crippen LogP contribution is -2.56. The number of amides is 4. The average molecular weight is 606 g/mol. The number of hydrogen-bond donors (Lipinski definition) is 5. The van der Waals surface area contributed by atoms with Gasteiger partial charge in [-0.25, -0.2) is 9.97 Å². The van der Waals surface area contributed by atoms with E-state index >= 15 is 0 Å². The van der Waals surface area contributed by atoms with Gasteiger partial charge in [-0.3, -0.25) is 24.0 Å². The number of carbonyl (C=O) groups excluding carboxylic acids is 4. The first-order chi connectivity index (χ1) is 21.0. The molecule has 44 heavy (non-hydrogen) atoms. The van der Waals surface area contributed by atoms with Gasteiger partial charge in [0.1, 0.15) is 30.2 Å². The molecule has 13 nitrogen and oxygen atoms in total. The summed E-state index contributed by atoms with van der Waals surface area (Å²) in [7, 11) is 0. The number of H-pyrrole nitrogens is 1. The highest BCUT2D eigenvalue weighted by Gasteiger charge is 2.32. The number of aromatic nitrogens is 3. The summed E-state index contributed by atoms with van der Waals surface area (Å²) in [4.78, 5) is 76.6. The molecule has 234 valence electrons. The smallest absolute Gasteiger partial charge is 0.273 e. The molecular weight excluding hydrogens is 566 g/mol. The summed E-state index contributed by atoms with van der Waals surface area (Å²) >= 11 is 0. The Kier molecular flexibility index (Phi) is 10.6. The third kappa shape index (κ3) is 8.39. The molecule has 3 heterocycles. The quantitative estimate of drug-likeness (QED) is 0.280. The Bertz CT molecular complexity index is 1550. The van der Waals surface area contributed by atoms with Crippen LogP contribution < -0.4 is 26.8 Å². The number of aryl methyl sites for hydroxylation is 2. The topological polar surface area (TPSA) is 188 Å². The molecule has 0 spiro atoms. The highest BCUT2D eigenvalue weighted by molar-refractivity contribution is 5.93. The van der Waals surface area contributed by atoms with Gasteiger partial charge in [0.05, 0.1) is 6.42 Å². The summed E-state index contributed by atoms with van der Waals surface area (Å²) in [5, 5.41) is 11.3. The van der Waals surface area contributed by atoms with Crippen molar-refractivity contribution in [2.45, 2.75) is 77.9 Å². The van der Waals surface area contributed by atoms with Crippen LogP contribution in [-0.4, -0.2) is 57.2 Å². The lowest BCUT2D eigenvalue weighted by atomic mass is 10.00. The Morgan fingerprint density at radius 3 is 2.48 bits per heavy atom. The van der Waals surface area contributed by atoms with Crippen molar-refractivity contribution in [1.29, 1.82) is 0 Å². The average Bonchev–Trinajstić information content (AvgIpc) is 3.47. The van der Waals surface area contributed by atoms with Crippen LogP contribution in [0.2, 0.25) is 0 Å². The minimum atomic E-state index is -0.982. The third-order valence-electron chi connectivity index (χ3n) is 7.43. The highest BCUT2D eigenvalue weighted by Crippen LogP contribution is 2.20. The number of rotatable bonds is 6. The number of carbonyl (C=O) groups is 4. The van der Waals surface area contributed by atoms with Gasteiger partial charge in [-0.15, -0.1) is 0 Å². The molecule has 1 aliphatic rings. The van der Waals surface area contributed by atoms with Crippen molar-refractivity contribution in [2.24, 2.45) is 5.92 Å². The number of benzene rings is 1. The van der Waals surface area contributed by atoms with Crippen LogP contribution in [-0.2, 0) is 27.2 Å². The number of hydrogen-bond acceptors (Lipinski definition) is 8. The van der Waals surface area contributed by atoms with Crippen LogP contribution in [0.5, 0.6) is 0 Å². The first kappa shape index (κ1) is 32.1. The van der Waals surface area contributed by atoms with Gasteiger partial charge >= 0.3 is 0 Å². The van der Waals surface area contributed by atoms with Gasteiger partial charge < -0.3 is 30.7 Å². The SMILES string of the molecule is Cc1nc(C)c(CC(=O)N[C@H]2CCCCNC(=O)c3coc(n3)[C@@H](Cc3ccccc3)NC(=O)[C@H](C(C)C)NC2=O)c(=O)[nH]1. The third-order valence-corrected chi connectivity index (χ3v) is 7.43. The van der Waals surface area contributed by atoms with Gasteiger partial charge in [0.15, 0.2) is 5.69 Å². The van der Waals surface area contributed by atoms with Crippen molar-refractivity contribution in [3.8, 4) is 0 Å². The number of aromatic amines is 1. The molecule has 1 aromatic carbocycles. The second-order valence-electron chi connectivity index (χ2n) is 11.3. The zero-order valence-electron chi connectivity index (χ0n) is 25.4. The van der Waals surface area contributed by atoms with E-state index in [1.807, 2.05) is 30.3 Å². The molecule has 5 N–H and O–H groups in total. The Balaban J connectivity index is 1.57. The minimum absolute atomic E-state index is 0.0918. The number of oxazole rings is 1. The molecule has 2 bridgehead atoms. The summed E-state index contributed by atoms with van der Waals surface area (Å²) in [6.45, 7) is 7.21. The molecule has 0 saturated heterocycles. The van der Waals surface area contributed by atoms with Gasteiger partial charge in [0, 0.05) is 24.2 Å². The van der Waals surface area contributed by atoms with Crippen molar-refractivity contribution >= 4 is 23.6 Å². The summed E-state index contributed by atoms with van der Waals surface area (Å²) < 4.78 is 5.64. The summed E-state index contributed by atoms with van der Waals surface area (Å²) in [5.41, 5.74) is 1.22. The Morgan fingerprint density at radius 2 is 1.77 bits per heavy atom. The van der Waals surface area contributed by atoms with Crippen LogP contribution in [0.3, 0.4) is 0 Å². The van der Waals surface area contributed by atoms with Crippen LogP contribution in [0, 0.1) is 19.8 Å². The Hall–Kier alpha value is -4.81. The van der Waals surface area contributed by atoms with E-state index in [-0.39, 0.29) is 35.9 Å². The van der Waals surface area contributed by atoms with Gasteiger partial charge in [0.25, 0.3) is 11.5 Å². The molecule has 3 aromatic rings. The van der Waals surface area contributed by atoms with Crippen LogP contribution >= 0.6 is 0 Å². The van der Waals surface area contributed by atoms with E-state index in [4.69, 9.17) is 4.42 Å². The minimum Gasteiger partial charge on any atom is -0.446 e. The number of fused-ring (bicyclic) bond motifs is 2. The van der Waals surface area contributed by atoms with E-state index in [2.05, 4.69) is 36.2 Å². The molecule has 0 fully saturated rings. The lowest BCUT2D eigenvalue weighted by Gasteiger charge is -2.27. The van der Waals surface area contributed by atoms with Crippen LogP contribution in [0.15, 0.2) is 45.8 Å². The maximum absolute atomic E-state index is 13.6. The molecule has 4 amide bonds. The molecule has 4 rings (SSSR count). The monoisotopic (exact) mass is 605 g/mol. The van der Waals surface area contributed by atoms with E-state index in [1.54, 1.807) is 27.7 Å².